The molecule has 0 aliphatic carbocycles. The summed E-state index contributed by atoms with van der Waals surface area (Å²) in [7, 11) is -3.54. The average Bonchev–Trinajstić information content (AvgIpc) is 3.12. The topological polar surface area (TPSA) is 88.9 Å². The number of nitrogens with zero attached hydrogens (tertiary/aromatic N) is 3. The fraction of sp³-hybridized carbons (Fsp3) is 0.385. The number of nitrogens with one attached hydrogen (secondary N) is 2. The standard InChI is InChI=1S/C13H17N5O2S/c1-2-18-9-15-17-13(18)8-16-21(19,20)12-4-3-10-6-14-7-11(10)5-12/h3-5,9,14,16H,2,6-8H2,1H3. The van der Waals surface area contributed by atoms with E-state index in [9.17, 15) is 8.42 Å². The number of sulfonamides is 1. The van der Waals surface area contributed by atoms with Crippen LogP contribution in [0.1, 0.15) is 23.9 Å². The lowest BCUT2D eigenvalue weighted by Gasteiger charge is -2.08. The molecule has 0 radical (unpaired) electrons. The van der Waals surface area contributed by atoms with Crippen molar-refractivity contribution in [3.63, 3.8) is 0 Å². The van der Waals surface area contributed by atoms with Crippen molar-refractivity contribution in [2.45, 2.75) is 38.0 Å². The van der Waals surface area contributed by atoms with Gasteiger partial charge in [0.15, 0.2) is 0 Å². The van der Waals surface area contributed by atoms with E-state index in [0.717, 1.165) is 17.7 Å². The molecule has 0 unspecified atom stereocenters. The van der Waals surface area contributed by atoms with Crippen molar-refractivity contribution in [3.8, 4) is 0 Å². The van der Waals surface area contributed by atoms with Crippen LogP contribution >= 0.6 is 0 Å². The molecule has 112 valence electrons. The van der Waals surface area contributed by atoms with Crippen LogP contribution in [0.5, 0.6) is 0 Å². The van der Waals surface area contributed by atoms with Crippen LogP contribution in [0.25, 0.3) is 0 Å². The number of rotatable bonds is 5. The normalized spacial score (nSPS) is 14.3. The predicted molar refractivity (Wildman–Crippen MR) is 76.7 cm³/mol. The zero-order valence-electron chi connectivity index (χ0n) is 11.7. The molecular weight excluding hydrogens is 290 g/mol. The minimum absolute atomic E-state index is 0.130. The smallest absolute Gasteiger partial charge is 0.240 e. The van der Waals surface area contributed by atoms with Crippen molar-refractivity contribution >= 4 is 10.0 Å². The molecule has 3 rings (SSSR count). The van der Waals surface area contributed by atoms with Gasteiger partial charge in [-0.15, -0.1) is 10.2 Å². The molecule has 1 aromatic heterocycles. The number of hydrogen-bond donors (Lipinski definition) is 2. The fourth-order valence-electron chi connectivity index (χ4n) is 2.36. The second-order valence-electron chi connectivity index (χ2n) is 4.89. The highest BCUT2D eigenvalue weighted by Crippen LogP contribution is 2.20. The van der Waals surface area contributed by atoms with Gasteiger partial charge in [-0.25, -0.2) is 13.1 Å². The monoisotopic (exact) mass is 307 g/mol. The highest BCUT2D eigenvalue weighted by molar-refractivity contribution is 7.89. The Morgan fingerprint density at radius 3 is 2.95 bits per heavy atom. The van der Waals surface area contributed by atoms with Crippen molar-refractivity contribution in [3.05, 3.63) is 41.5 Å². The van der Waals surface area contributed by atoms with Crippen LogP contribution in [0.15, 0.2) is 29.4 Å². The molecule has 0 fully saturated rings. The molecule has 1 aromatic carbocycles. The summed E-state index contributed by atoms with van der Waals surface area (Å²) in [5.41, 5.74) is 2.19. The maximum Gasteiger partial charge on any atom is 0.240 e. The molecule has 0 bridgehead atoms. The Balaban J connectivity index is 1.78. The van der Waals surface area contributed by atoms with Gasteiger partial charge >= 0.3 is 0 Å². The minimum atomic E-state index is -3.54. The second-order valence-corrected chi connectivity index (χ2v) is 6.66. The van der Waals surface area contributed by atoms with Gasteiger partial charge in [-0.3, -0.25) is 0 Å². The Bertz CT molecular complexity index is 754. The lowest BCUT2D eigenvalue weighted by molar-refractivity contribution is 0.575. The highest BCUT2D eigenvalue weighted by atomic mass is 32.2. The first-order valence-corrected chi connectivity index (χ1v) is 8.27. The molecule has 0 atom stereocenters. The summed E-state index contributed by atoms with van der Waals surface area (Å²) in [6, 6.07) is 5.22. The summed E-state index contributed by atoms with van der Waals surface area (Å²) < 4.78 is 29.0. The van der Waals surface area contributed by atoms with E-state index in [1.54, 1.807) is 23.0 Å². The van der Waals surface area contributed by atoms with E-state index in [1.165, 1.54) is 0 Å². The zero-order chi connectivity index (χ0) is 14.9. The third kappa shape index (κ3) is 2.82. The quantitative estimate of drug-likeness (QED) is 0.833. The van der Waals surface area contributed by atoms with Gasteiger partial charge in [0, 0.05) is 19.6 Å². The largest absolute Gasteiger partial charge is 0.317 e. The minimum Gasteiger partial charge on any atom is -0.317 e. The second kappa shape index (κ2) is 5.55. The van der Waals surface area contributed by atoms with Gasteiger partial charge in [-0.05, 0) is 30.2 Å². The van der Waals surface area contributed by atoms with Gasteiger partial charge in [-0.2, -0.15) is 0 Å². The molecule has 0 spiro atoms. The van der Waals surface area contributed by atoms with Gasteiger partial charge in [0.05, 0.1) is 11.4 Å². The third-order valence-corrected chi connectivity index (χ3v) is 4.97. The van der Waals surface area contributed by atoms with E-state index in [1.807, 2.05) is 13.0 Å². The Hall–Kier alpha value is -1.77. The molecule has 2 heterocycles. The van der Waals surface area contributed by atoms with Crippen LogP contribution in [0, 0.1) is 0 Å². The molecule has 0 saturated heterocycles. The summed E-state index contributed by atoms with van der Waals surface area (Å²) in [6.45, 7) is 4.29. The molecule has 0 amide bonds. The molecule has 2 aromatic rings. The zero-order valence-corrected chi connectivity index (χ0v) is 12.5. The summed E-state index contributed by atoms with van der Waals surface area (Å²) >= 11 is 0. The van der Waals surface area contributed by atoms with Crippen molar-refractivity contribution in [1.82, 2.24) is 24.8 Å². The van der Waals surface area contributed by atoms with Gasteiger partial charge in [0.2, 0.25) is 10.0 Å². The molecule has 2 N–H and O–H groups in total. The van der Waals surface area contributed by atoms with Crippen LogP contribution in [0.3, 0.4) is 0 Å². The van der Waals surface area contributed by atoms with E-state index in [4.69, 9.17) is 0 Å². The van der Waals surface area contributed by atoms with Crippen molar-refractivity contribution in [2.24, 2.45) is 0 Å². The number of hydrogen-bond acceptors (Lipinski definition) is 5. The SMILES string of the molecule is CCn1cnnc1CNS(=O)(=O)c1ccc2c(c1)CNC2. The van der Waals surface area contributed by atoms with E-state index in [-0.39, 0.29) is 11.4 Å². The molecular formula is C13H17N5O2S. The third-order valence-electron chi connectivity index (χ3n) is 3.58. The van der Waals surface area contributed by atoms with Crippen molar-refractivity contribution in [1.29, 1.82) is 0 Å². The van der Waals surface area contributed by atoms with E-state index in [2.05, 4.69) is 20.2 Å². The molecule has 0 saturated carbocycles. The number of aromatic nitrogens is 3. The average molecular weight is 307 g/mol. The fourth-order valence-corrected chi connectivity index (χ4v) is 3.39. The molecule has 21 heavy (non-hydrogen) atoms. The Morgan fingerprint density at radius 1 is 1.33 bits per heavy atom. The van der Waals surface area contributed by atoms with Crippen molar-refractivity contribution in [2.75, 3.05) is 0 Å². The first-order chi connectivity index (χ1) is 10.1. The van der Waals surface area contributed by atoms with Gasteiger partial charge < -0.3 is 9.88 Å². The summed E-state index contributed by atoms with van der Waals surface area (Å²) in [6.07, 6.45) is 1.59. The maximum absolute atomic E-state index is 12.3. The Labute approximate surface area is 123 Å². The van der Waals surface area contributed by atoms with E-state index < -0.39 is 10.0 Å². The number of aryl methyl sites for hydroxylation is 1. The Kier molecular flexibility index (Phi) is 3.75. The van der Waals surface area contributed by atoms with Crippen molar-refractivity contribution < 1.29 is 8.42 Å². The first kappa shape index (κ1) is 14.2. The van der Waals surface area contributed by atoms with Crippen LogP contribution in [0.2, 0.25) is 0 Å². The lowest BCUT2D eigenvalue weighted by Crippen LogP contribution is -2.25. The number of fused-ring (bicyclic) bond motifs is 1. The first-order valence-electron chi connectivity index (χ1n) is 6.79. The maximum atomic E-state index is 12.3. The number of benzene rings is 1. The predicted octanol–water partition coefficient (Wildman–Crippen LogP) is 0.380. The van der Waals surface area contributed by atoms with Gasteiger partial charge in [0.1, 0.15) is 12.2 Å². The Morgan fingerprint density at radius 2 is 2.14 bits per heavy atom. The van der Waals surface area contributed by atoms with Gasteiger partial charge in [0.25, 0.3) is 0 Å². The highest BCUT2D eigenvalue weighted by Gasteiger charge is 2.18. The lowest BCUT2D eigenvalue weighted by atomic mass is 10.1. The van der Waals surface area contributed by atoms with E-state index in [0.29, 0.717) is 18.9 Å². The van der Waals surface area contributed by atoms with Crippen LogP contribution in [0.4, 0.5) is 0 Å². The van der Waals surface area contributed by atoms with Crippen LogP contribution in [-0.2, 0) is 36.2 Å². The molecule has 1 aliphatic rings. The van der Waals surface area contributed by atoms with Crippen LogP contribution in [-0.4, -0.2) is 23.2 Å². The van der Waals surface area contributed by atoms with E-state index >= 15 is 0 Å². The summed E-state index contributed by atoms with van der Waals surface area (Å²) in [5, 5.41) is 10.9. The van der Waals surface area contributed by atoms with Gasteiger partial charge in [-0.1, -0.05) is 6.07 Å². The summed E-state index contributed by atoms with van der Waals surface area (Å²) in [5.74, 6) is 0.601. The summed E-state index contributed by atoms with van der Waals surface area (Å²) in [4.78, 5) is 0.285. The molecule has 7 nitrogen and oxygen atoms in total. The molecule has 8 heteroatoms. The van der Waals surface area contributed by atoms with Crippen LogP contribution < -0.4 is 10.0 Å². The molecule has 1 aliphatic heterocycles.